The van der Waals surface area contributed by atoms with Crippen LogP contribution < -0.4 is 5.32 Å². The number of carbonyl (C=O) groups is 1. The van der Waals surface area contributed by atoms with Crippen LogP contribution in [0.5, 0.6) is 0 Å². The minimum Gasteiger partial charge on any atom is -0.356 e. The van der Waals surface area contributed by atoms with Crippen molar-refractivity contribution in [2.75, 3.05) is 5.32 Å². The van der Waals surface area contributed by atoms with Crippen molar-refractivity contribution in [3.05, 3.63) is 87.7 Å². The Kier molecular flexibility index (Phi) is 5.03. The van der Waals surface area contributed by atoms with Crippen LogP contribution in [0.2, 0.25) is 0 Å². The fourth-order valence-electron chi connectivity index (χ4n) is 2.06. The number of carbonyl (C=O) groups excluding carboxylic acids is 1. The van der Waals surface area contributed by atoms with Crippen LogP contribution in [0.4, 0.5) is 5.69 Å². The van der Waals surface area contributed by atoms with Crippen molar-refractivity contribution in [1.29, 1.82) is 0 Å². The van der Waals surface area contributed by atoms with Gasteiger partial charge >= 0.3 is 0 Å². The van der Waals surface area contributed by atoms with Gasteiger partial charge in [0, 0.05) is 16.8 Å². The van der Waals surface area contributed by atoms with Crippen LogP contribution in [-0.2, 0) is 6.42 Å². The number of hydrogen-bond donors (Lipinski definition) is 1. The largest absolute Gasteiger partial charge is 0.356 e. The van der Waals surface area contributed by atoms with Gasteiger partial charge in [0.1, 0.15) is 0 Å². The highest BCUT2D eigenvalue weighted by molar-refractivity contribution is 6.12. The van der Waals surface area contributed by atoms with Gasteiger partial charge in [-0.05, 0) is 24.1 Å². The van der Waals surface area contributed by atoms with E-state index in [9.17, 15) is 14.9 Å². The fraction of sp³-hybridized carbons (Fsp3) is 0.118. The molecule has 1 N–H and O–H groups in total. The molecule has 0 spiro atoms. The Labute approximate surface area is 128 Å². The summed E-state index contributed by atoms with van der Waals surface area (Å²) in [4.78, 5) is 22.4. The summed E-state index contributed by atoms with van der Waals surface area (Å²) in [5.41, 5.74) is 2.66. The molecule has 0 unspecified atom stereocenters. The average molecular weight is 296 g/mol. The highest BCUT2D eigenvalue weighted by Gasteiger charge is 2.13. The first-order valence-corrected chi connectivity index (χ1v) is 6.91. The summed E-state index contributed by atoms with van der Waals surface area (Å²) in [5.74, 6) is -0.118. The molecule has 0 aromatic heterocycles. The molecule has 0 saturated carbocycles. The summed E-state index contributed by atoms with van der Waals surface area (Å²) >= 11 is 0. The maximum Gasteiger partial charge on any atom is 0.250 e. The molecular formula is C17H16N2O3. The zero-order valence-corrected chi connectivity index (χ0v) is 12.2. The smallest absolute Gasteiger partial charge is 0.250 e. The summed E-state index contributed by atoms with van der Waals surface area (Å²) in [6, 6.07) is 14.4. The molecular weight excluding hydrogens is 280 g/mol. The van der Waals surface area contributed by atoms with Crippen molar-refractivity contribution < 1.29 is 9.72 Å². The van der Waals surface area contributed by atoms with Gasteiger partial charge in [-0.1, -0.05) is 43.3 Å². The molecule has 0 bridgehead atoms. The number of nitrogens with one attached hydrogen (secondary N) is 1. The van der Waals surface area contributed by atoms with Crippen molar-refractivity contribution >= 4 is 11.5 Å². The first-order valence-electron chi connectivity index (χ1n) is 6.91. The van der Waals surface area contributed by atoms with E-state index < -0.39 is 4.92 Å². The summed E-state index contributed by atoms with van der Waals surface area (Å²) in [7, 11) is 0. The van der Waals surface area contributed by atoms with Crippen LogP contribution in [-0.4, -0.2) is 10.7 Å². The van der Waals surface area contributed by atoms with Crippen LogP contribution in [0.25, 0.3) is 0 Å². The van der Waals surface area contributed by atoms with E-state index in [4.69, 9.17) is 0 Å². The minimum absolute atomic E-state index is 0.118. The molecule has 0 heterocycles. The van der Waals surface area contributed by atoms with Gasteiger partial charge in [0.05, 0.1) is 11.1 Å². The topological polar surface area (TPSA) is 72.2 Å². The molecule has 2 aromatic rings. The molecule has 0 amide bonds. The third-order valence-electron chi connectivity index (χ3n) is 3.21. The highest BCUT2D eigenvalue weighted by Crippen LogP contribution is 2.22. The quantitative estimate of drug-likeness (QED) is 0.502. The van der Waals surface area contributed by atoms with Gasteiger partial charge in [-0.25, -0.2) is 0 Å². The highest BCUT2D eigenvalue weighted by atomic mass is 16.6. The van der Waals surface area contributed by atoms with Crippen LogP contribution in [0.15, 0.2) is 60.9 Å². The molecule has 0 aliphatic heterocycles. The summed E-state index contributed by atoms with van der Waals surface area (Å²) in [6.07, 6.45) is 2.81. The zero-order valence-electron chi connectivity index (χ0n) is 12.2. The molecule has 2 rings (SSSR count). The molecule has 0 aliphatic rings. The Hall–Kier alpha value is -2.95. The van der Waals surface area contributed by atoms with E-state index in [1.165, 1.54) is 6.20 Å². The first-order chi connectivity index (χ1) is 10.6. The van der Waals surface area contributed by atoms with Gasteiger partial charge in [0.25, 0.3) is 0 Å². The standard InChI is InChI=1S/C17H16N2O3/c1-2-13-8-9-16(18-10-11-19(21)22)15(12-13)17(20)14-6-4-3-5-7-14/h3-12,18H,2H2,1H3/b11-10+. The second-order valence-electron chi connectivity index (χ2n) is 4.67. The van der Waals surface area contributed by atoms with E-state index in [1.807, 2.05) is 25.1 Å². The Morgan fingerprint density at radius 3 is 2.59 bits per heavy atom. The maximum absolute atomic E-state index is 12.6. The summed E-state index contributed by atoms with van der Waals surface area (Å²) in [6.45, 7) is 2.01. The van der Waals surface area contributed by atoms with Crippen molar-refractivity contribution in [1.82, 2.24) is 0 Å². The molecule has 0 aliphatic carbocycles. The van der Waals surface area contributed by atoms with Gasteiger partial charge in [-0.3, -0.25) is 14.9 Å². The normalized spacial score (nSPS) is 10.6. The van der Waals surface area contributed by atoms with E-state index in [0.717, 1.165) is 18.2 Å². The summed E-state index contributed by atoms with van der Waals surface area (Å²) in [5, 5.41) is 13.1. The van der Waals surface area contributed by atoms with Crippen molar-refractivity contribution in [3.8, 4) is 0 Å². The fourth-order valence-corrected chi connectivity index (χ4v) is 2.06. The first kappa shape index (κ1) is 15.4. The van der Waals surface area contributed by atoms with Gasteiger partial charge in [0.2, 0.25) is 6.20 Å². The lowest BCUT2D eigenvalue weighted by molar-refractivity contribution is -0.402. The Morgan fingerprint density at radius 2 is 1.95 bits per heavy atom. The van der Waals surface area contributed by atoms with Gasteiger partial charge in [0.15, 0.2) is 5.78 Å². The number of nitrogens with zero attached hydrogens (tertiary/aromatic N) is 1. The predicted molar refractivity (Wildman–Crippen MR) is 85.5 cm³/mol. The predicted octanol–water partition coefficient (Wildman–Crippen LogP) is 3.64. The third kappa shape index (κ3) is 3.79. The van der Waals surface area contributed by atoms with E-state index in [1.54, 1.807) is 30.3 Å². The zero-order chi connectivity index (χ0) is 15.9. The minimum atomic E-state index is -0.563. The lowest BCUT2D eigenvalue weighted by Gasteiger charge is -2.10. The van der Waals surface area contributed by atoms with Crippen LogP contribution in [0.3, 0.4) is 0 Å². The van der Waals surface area contributed by atoms with Crippen molar-refractivity contribution in [2.24, 2.45) is 0 Å². The second-order valence-corrected chi connectivity index (χ2v) is 4.67. The summed E-state index contributed by atoms with van der Waals surface area (Å²) < 4.78 is 0. The Bertz CT molecular complexity index is 709. The number of nitro groups is 1. The second kappa shape index (κ2) is 7.17. The molecule has 0 atom stereocenters. The number of ketones is 1. The van der Waals surface area contributed by atoms with E-state index in [2.05, 4.69) is 5.32 Å². The van der Waals surface area contributed by atoms with E-state index in [0.29, 0.717) is 16.8 Å². The third-order valence-corrected chi connectivity index (χ3v) is 3.21. The number of rotatable bonds is 6. The van der Waals surface area contributed by atoms with Crippen LogP contribution in [0.1, 0.15) is 28.4 Å². The molecule has 5 heteroatoms. The number of hydrogen-bond acceptors (Lipinski definition) is 4. The lowest BCUT2D eigenvalue weighted by atomic mass is 9.98. The molecule has 0 saturated heterocycles. The van der Waals surface area contributed by atoms with E-state index in [-0.39, 0.29) is 5.78 Å². The van der Waals surface area contributed by atoms with Gasteiger partial charge in [-0.15, -0.1) is 0 Å². The van der Waals surface area contributed by atoms with Gasteiger partial charge < -0.3 is 5.32 Å². The van der Waals surface area contributed by atoms with Crippen molar-refractivity contribution in [3.63, 3.8) is 0 Å². The van der Waals surface area contributed by atoms with Gasteiger partial charge in [-0.2, -0.15) is 0 Å². The SMILES string of the molecule is CCc1ccc(N/C=C/[N+](=O)[O-])c(C(=O)c2ccccc2)c1. The molecule has 0 radical (unpaired) electrons. The lowest BCUT2D eigenvalue weighted by Crippen LogP contribution is -2.06. The number of benzene rings is 2. The van der Waals surface area contributed by atoms with Crippen LogP contribution >= 0.6 is 0 Å². The number of aryl methyl sites for hydroxylation is 1. The monoisotopic (exact) mass is 296 g/mol. The Morgan fingerprint density at radius 1 is 1.23 bits per heavy atom. The van der Waals surface area contributed by atoms with Crippen LogP contribution in [0, 0.1) is 10.1 Å². The van der Waals surface area contributed by atoms with E-state index >= 15 is 0 Å². The molecule has 2 aromatic carbocycles. The molecule has 5 nitrogen and oxygen atoms in total. The molecule has 22 heavy (non-hydrogen) atoms. The van der Waals surface area contributed by atoms with Crippen molar-refractivity contribution in [2.45, 2.75) is 13.3 Å². The molecule has 112 valence electrons. The number of anilines is 1. The Balaban J connectivity index is 2.38. The average Bonchev–Trinajstić information content (AvgIpc) is 2.55. The maximum atomic E-state index is 12.6. The molecule has 0 fully saturated rings.